The Morgan fingerprint density at radius 3 is 2.32 bits per heavy atom. The topological polar surface area (TPSA) is 28.2 Å². The van der Waals surface area contributed by atoms with Crippen LogP contribution in [0.3, 0.4) is 0 Å². The van der Waals surface area contributed by atoms with Crippen molar-refractivity contribution in [2.24, 2.45) is 0 Å². The molecule has 4 aromatic rings. The van der Waals surface area contributed by atoms with Crippen LogP contribution in [0.5, 0.6) is 0 Å². The Labute approximate surface area is 188 Å². The van der Waals surface area contributed by atoms with Gasteiger partial charge in [-0.1, -0.05) is 72.3 Å². The third-order valence-electron chi connectivity index (χ3n) is 6.04. The molecule has 1 aromatic heterocycles. The molecule has 0 amide bonds. The van der Waals surface area contributed by atoms with Crippen molar-refractivity contribution in [2.75, 3.05) is 18.4 Å². The molecule has 4 heteroatoms. The number of rotatable bonds is 5. The Hall–Kier alpha value is -2.88. The summed E-state index contributed by atoms with van der Waals surface area (Å²) in [6.07, 6.45) is 2.26. The first-order valence-electron chi connectivity index (χ1n) is 10.9. The summed E-state index contributed by atoms with van der Waals surface area (Å²) in [5, 5.41) is 5.66. The van der Waals surface area contributed by atoms with Gasteiger partial charge in [-0.2, -0.15) is 0 Å². The molecule has 0 saturated carbocycles. The SMILES string of the molecule is Clc1ccc2c(NC3CCN(Cc4ccccc4)CC3)cc(-c3ccccc3)nc2c1. The summed E-state index contributed by atoms with van der Waals surface area (Å²) in [6.45, 7) is 3.24. The molecule has 31 heavy (non-hydrogen) atoms. The van der Waals surface area contributed by atoms with Crippen LogP contribution in [0.2, 0.25) is 5.02 Å². The average molecular weight is 428 g/mol. The van der Waals surface area contributed by atoms with Crippen molar-refractivity contribution in [2.45, 2.75) is 25.4 Å². The summed E-state index contributed by atoms with van der Waals surface area (Å²) >= 11 is 6.28. The van der Waals surface area contributed by atoms with E-state index in [1.165, 1.54) is 5.56 Å². The Morgan fingerprint density at radius 2 is 1.58 bits per heavy atom. The molecular weight excluding hydrogens is 402 g/mol. The number of pyridine rings is 1. The number of benzene rings is 3. The zero-order chi connectivity index (χ0) is 21.0. The van der Waals surface area contributed by atoms with E-state index in [2.05, 4.69) is 76.9 Å². The maximum atomic E-state index is 6.28. The summed E-state index contributed by atoms with van der Waals surface area (Å²) in [4.78, 5) is 7.44. The van der Waals surface area contributed by atoms with Gasteiger partial charge in [0.05, 0.1) is 11.2 Å². The zero-order valence-corrected chi connectivity index (χ0v) is 18.2. The van der Waals surface area contributed by atoms with E-state index in [0.29, 0.717) is 11.1 Å². The molecule has 2 heterocycles. The van der Waals surface area contributed by atoms with Crippen molar-refractivity contribution in [1.82, 2.24) is 9.88 Å². The highest BCUT2D eigenvalue weighted by Gasteiger charge is 2.20. The van der Waals surface area contributed by atoms with Crippen LogP contribution in [0.1, 0.15) is 18.4 Å². The number of halogens is 1. The molecule has 3 nitrogen and oxygen atoms in total. The second-order valence-electron chi connectivity index (χ2n) is 8.26. The molecule has 1 N–H and O–H groups in total. The number of hydrogen-bond donors (Lipinski definition) is 1. The lowest BCUT2D eigenvalue weighted by atomic mass is 10.0. The fourth-order valence-electron chi connectivity index (χ4n) is 4.37. The highest BCUT2D eigenvalue weighted by atomic mass is 35.5. The van der Waals surface area contributed by atoms with E-state index in [9.17, 15) is 0 Å². The number of likely N-dealkylation sites (tertiary alicyclic amines) is 1. The minimum atomic E-state index is 0.455. The minimum absolute atomic E-state index is 0.455. The molecule has 0 unspecified atom stereocenters. The van der Waals surface area contributed by atoms with Gasteiger partial charge in [0.25, 0.3) is 0 Å². The van der Waals surface area contributed by atoms with Gasteiger partial charge in [0.15, 0.2) is 0 Å². The van der Waals surface area contributed by atoms with Crippen LogP contribution in [-0.4, -0.2) is 29.0 Å². The number of fused-ring (bicyclic) bond motifs is 1. The largest absolute Gasteiger partial charge is 0.382 e. The van der Waals surface area contributed by atoms with Crippen LogP contribution in [0.25, 0.3) is 22.2 Å². The van der Waals surface area contributed by atoms with Gasteiger partial charge >= 0.3 is 0 Å². The number of hydrogen-bond acceptors (Lipinski definition) is 3. The molecular formula is C27H26ClN3. The van der Waals surface area contributed by atoms with Crippen LogP contribution in [0, 0.1) is 0 Å². The van der Waals surface area contributed by atoms with E-state index in [-0.39, 0.29) is 0 Å². The Morgan fingerprint density at radius 1 is 0.871 bits per heavy atom. The molecule has 0 aliphatic carbocycles. The maximum absolute atomic E-state index is 6.28. The number of nitrogens with one attached hydrogen (secondary N) is 1. The molecule has 0 spiro atoms. The third-order valence-corrected chi connectivity index (χ3v) is 6.27. The van der Waals surface area contributed by atoms with Crippen molar-refractivity contribution in [1.29, 1.82) is 0 Å². The van der Waals surface area contributed by atoms with Gasteiger partial charge in [-0.05, 0) is 42.7 Å². The first-order chi connectivity index (χ1) is 15.2. The summed E-state index contributed by atoms with van der Waals surface area (Å²) in [5.74, 6) is 0. The molecule has 0 bridgehead atoms. The summed E-state index contributed by atoms with van der Waals surface area (Å²) in [7, 11) is 0. The molecule has 0 radical (unpaired) electrons. The minimum Gasteiger partial charge on any atom is -0.382 e. The number of anilines is 1. The Kier molecular flexibility index (Phi) is 5.88. The van der Waals surface area contributed by atoms with Gasteiger partial charge in [0.1, 0.15) is 0 Å². The lowest BCUT2D eigenvalue weighted by Crippen LogP contribution is -2.38. The van der Waals surface area contributed by atoms with Crippen LogP contribution < -0.4 is 5.32 Å². The predicted molar refractivity (Wildman–Crippen MR) is 131 cm³/mol. The lowest BCUT2D eigenvalue weighted by molar-refractivity contribution is 0.211. The molecule has 1 saturated heterocycles. The van der Waals surface area contributed by atoms with Gasteiger partial charge in [0, 0.05) is 47.3 Å². The van der Waals surface area contributed by atoms with Crippen molar-refractivity contribution in [3.05, 3.63) is 95.5 Å². The van der Waals surface area contributed by atoms with Gasteiger partial charge < -0.3 is 5.32 Å². The average Bonchev–Trinajstić information content (AvgIpc) is 2.81. The zero-order valence-electron chi connectivity index (χ0n) is 17.5. The third kappa shape index (κ3) is 4.73. The standard InChI is InChI=1S/C27H26ClN3/c28-22-11-12-24-26(17-22)30-25(21-9-5-2-6-10-21)18-27(24)29-23-13-15-31(16-14-23)19-20-7-3-1-4-8-20/h1-12,17-18,23H,13-16,19H2,(H,29,30). The van der Waals surface area contributed by atoms with Gasteiger partial charge in [0.2, 0.25) is 0 Å². The van der Waals surface area contributed by atoms with E-state index >= 15 is 0 Å². The van der Waals surface area contributed by atoms with Crippen LogP contribution in [-0.2, 0) is 6.54 Å². The predicted octanol–water partition coefficient (Wildman–Crippen LogP) is 6.63. The molecule has 156 valence electrons. The van der Waals surface area contributed by atoms with Crippen molar-refractivity contribution in [3.8, 4) is 11.3 Å². The van der Waals surface area contributed by atoms with E-state index < -0.39 is 0 Å². The first-order valence-corrected chi connectivity index (χ1v) is 11.3. The quantitative estimate of drug-likeness (QED) is 0.387. The first kappa shape index (κ1) is 20.0. The van der Waals surface area contributed by atoms with Gasteiger partial charge in [-0.3, -0.25) is 4.90 Å². The normalized spacial score (nSPS) is 15.3. The molecule has 5 rings (SSSR count). The van der Waals surface area contributed by atoms with Gasteiger partial charge in [-0.25, -0.2) is 4.98 Å². The molecule has 0 atom stereocenters. The number of piperidine rings is 1. The number of nitrogens with zero attached hydrogens (tertiary/aromatic N) is 2. The van der Waals surface area contributed by atoms with Crippen molar-refractivity contribution in [3.63, 3.8) is 0 Å². The van der Waals surface area contributed by atoms with Crippen molar-refractivity contribution >= 4 is 28.2 Å². The van der Waals surface area contributed by atoms with Crippen LogP contribution in [0.15, 0.2) is 84.9 Å². The fraction of sp³-hybridized carbons (Fsp3) is 0.222. The van der Waals surface area contributed by atoms with Gasteiger partial charge in [-0.15, -0.1) is 0 Å². The smallest absolute Gasteiger partial charge is 0.0745 e. The van der Waals surface area contributed by atoms with Crippen LogP contribution >= 0.6 is 11.6 Å². The van der Waals surface area contributed by atoms with E-state index in [0.717, 1.165) is 60.3 Å². The van der Waals surface area contributed by atoms with Crippen LogP contribution in [0.4, 0.5) is 5.69 Å². The highest BCUT2D eigenvalue weighted by molar-refractivity contribution is 6.31. The van der Waals surface area contributed by atoms with E-state index in [4.69, 9.17) is 16.6 Å². The Balaban J connectivity index is 1.35. The van der Waals surface area contributed by atoms with Crippen molar-refractivity contribution < 1.29 is 0 Å². The van der Waals surface area contributed by atoms with E-state index in [1.807, 2.05) is 18.2 Å². The molecule has 1 fully saturated rings. The maximum Gasteiger partial charge on any atom is 0.0745 e. The molecule has 1 aliphatic rings. The summed E-state index contributed by atoms with van der Waals surface area (Å²) < 4.78 is 0. The monoisotopic (exact) mass is 427 g/mol. The molecule has 3 aromatic carbocycles. The summed E-state index contributed by atoms with van der Waals surface area (Å²) in [5.41, 5.74) is 5.54. The second kappa shape index (κ2) is 9.09. The van der Waals surface area contributed by atoms with E-state index in [1.54, 1.807) is 0 Å². The number of aromatic nitrogens is 1. The second-order valence-corrected chi connectivity index (χ2v) is 8.70. The Bertz CT molecular complexity index is 1150. The fourth-order valence-corrected chi connectivity index (χ4v) is 4.54. The molecule has 1 aliphatic heterocycles. The summed E-state index contributed by atoms with van der Waals surface area (Å²) in [6, 6.07) is 29.7. The lowest BCUT2D eigenvalue weighted by Gasteiger charge is -2.33. The highest BCUT2D eigenvalue weighted by Crippen LogP contribution is 2.31.